The lowest BCUT2D eigenvalue weighted by atomic mass is 9.65. The van der Waals surface area contributed by atoms with E-state index in [-0.39, 0.29) is 6.03 Å². The molecule has 2 amide bonds. The number of urea groups is 1. The molecule has 3 nitrogen and oxygen atoms in total. The number of hydrogen-bond donors (Lipinski definition) is 1. The molecule has 1 saturated carbocycles. The van der Waals surface area contributed by atoms with E-state index >= 15 is 0 Å². The number of carbonyl (C=O) groups excluding carboxylic acids is 1. The van der Waals surface area contributed by atoms with E-state index in [1.54, 1.807) is 0 Å². The Labute approximate surface area is 97.9 Å². The number of rotatable bonds is 1. The van der Waals surface area contributed by atoms with E-state index in [1.807, 2.05) is 4.90 Å². The Bertz CT molecular complexity index is 324. The van der Waals surface area contributed by atoms with Crippen molar-refractivity contribution < 1.29 is 4.79 Å². The van der Waals surface area contributed by atoms with Gasteiger partial charge < -0.3 is 10.2 Å². The van der Waals surface area contributed by atoms with Crippen LogP contribution in [0.5, 0.6) is 0 Å². The Balaban J connectivity index is 2.16. The maximum atomic E-state index is 11.9. The molecule has 1 saturated heterocycles. The number of fused-ring (bicyclic) bond motifs is 2. The van der Waals surface area contributed by atoms with Crippen LogP contribution >= 0.6 is 0 Å². The minimum Gasteiger partial charge on any atom is -0.321 e. The number of nitrogens with zero attached hydrogens (tertiary/aromatic N) is 1. The number of nitrogens with one attached hydrogen (secondary N) is 1. The van der Waals surface area contributed by atoms with Gasteiger partial charge >= 0.3 is 6.03 Å². The highest BCUT2D eigenvalue weighted by molar-refractivity contribution is 5.76. The Morgan fingerprint density at radius 2 is 2.12 bits per heavy atom. The summed E-state index contributed by atoms with van der Waals surface area (Å²) in [5, 5.41) is 2.70. The van der Waals surface area contributed by atoms with Crippen LogP contribution in [0.2, 0.25) is 0 Å². The SMILES string of the molecule is C=CNC(=O)N1CC2(C)CC1CC(C)(C)C2. The van der Waals surface area contributed by atoms with Crippen LogP contribution in [0.25, 0.3) is 0 Å². The predicted octanol–water partition coefficient (Wildman–Crippen LogP) is 2.74. The molecular formula is C13H22N2O. The largest absolute Gasteiger partial charge is 0.321 e. The fourth-order valence-electron chi connectivity index (χ4n) is 3.87. The highest BCUT2D eigenvalue weighted by Gasteiger charge is 2.50. The van der Waals surface area contributed by atoms with Gasteiger partial charge in [-0.05, 0) is 36.3 Å². The van der Waals surface area contributed by atoms with E-state index in [1.165, 1.54) is 12.6 Å². The second-order valence-electron chi connectivity index (χ2n) is 6.50. The minimum absolute atomic E-state index is 0.0152. The summed E-state index contributed by atoms with van der Waals surface area (Å²) in [6.07, 6.45) is 4.96. The zero-order valence-corrected chi connectivity index (χ0v) is 10.5. The summed E-state index contributed by atoms with van der Waals surface area (Å²) in [5.74, 6) is 0. The molecule has 2 bridgehead atoms. The molecule has 1 aliphatic heterocycles. The summed E-state index contributed by atoms with van der Waals surface area (Å²) >= 11 is 0. The minimum atomic E-state index is 0.0152. The molecule has 0 spiro atoms. The van der Waals surface area contributed by atoms with Crippen LogP contribution in [0.1, 0.15) is 40.0 Å². The molecule has 2 fully saturated rings. The zero-order chi connectivity index (χ0) is 12.0. The number of hydrogen-bond acceptors (Lipinski definition) is 1. The molecule has 3 heteroatoms. The fraction of sp³-hybridized carbons (Fsp3) is 0.769. The van der Waals surface area contributed by atoms with Gasteiger partial charge in [-0.15, -0.1) is 0 Å². The van der Waals surface area contributed by atoms with Crippen molar-refractivity contribution in [2.75, 3.05) is 6.54 Å². The summed E-state index contributed by atoms with van der Waals surface area (Å²) in [6.45, 7) is 11.4. The van der Waals surface area contributed by atoms with E-state index in [0.717, 1.165) is 19.4 Å². The van der Waals surface area contributed by atoms with Gasteiger partial charge in [0.05, 0.1) is 0 Å². The van der Waals surface area contributed by atoms with Crippen molar-refractivity contribution in [1.29, 1.82) is 0 Å². The van der Waals surface area contributed by atoms with E-state index in [9.17, 15) is 4.79 Å². The van der Waals surface area contributed by atoms with Gasteiger partial charge in [0.25, 0.3) is 0 Å². The van der Waals surface area contributed by atoms with Gasteiger partial charge in [0, 0.05) is 12.6 Å². The van der Waals surface area contributed by atoms with Crippen molar-refractivity contribution in [3.05, 3.63) is 12.8 Å². The number of amides is 2. The predicted molar refractivity (Wildman–Crippen MR) is 65.0 cm³/mol. The molecule has 90 valence electrons. The lowest BCUT2D eigenvalue weighted by Gasteiger charge is -2.39. The molecule has 1 heterocycles. The second-order valence-corrected chi connectivity index (χ2v) is 6.50. The molecular weight excluding hydrogens is 200 g/mol. The van der Waals surface area contributed by atoms with Gasteiger partial charge in [-0.25, -0.2) is 4.79 Å². The average molecular weight is 222 g/mol. The van der Waals surface area contributed by atoms with Gasteiger partial charge in [-0.2, -0.15) is 0 Å². The van der Waals surface area contributed by atoms with Crippen LogP contribution in [0.15, 0.2) is 12.8 Å². The molecule has 2 rings (SSSR count). The smallest absolute Gasteiger partial charge is 0.321 e. The summed E-state index contributed by atoms with van der Waals surface area (Å²) in [5.41, 5.74) is 0.672. The molecule has 0 aromatic carbocycles. The molecule has 16 heavy (non-hydrogen) atoms. The molecule has 2 atom stereocenters. The Morgan fingerprint density at radius 3 is 2.75 bits per heavy atom. The molecule has 0 radical (unpaired) electrons. The first-order chi connectivity index (χ1) is 7.35. The Morgan fingerprint density at radius 1 is 1.44 bits per heavy atom. The van der Waals surface area contributed by atoms with E-state index in [0.29, 0.717) is 16.9 Å². The molecule has 2 aliphatic rings. The third kappa shape index (κ3) is 1.95. The summed E-state index contributed by atoms with van der Waals surface area (Å²) in [4.78, 5) is 13.9. The molecule has 2 unspecified atom stereocenters. The first-order valence-electron chi connectivity index (χ1n) is 6.03. The van der Waals surface area contributed by atoms with Crippen molar-refractivity contribution in [3.63, 3.8) is 0 Å². The Kier molecular flexibility index (Phi) is 2.52. The van der Waals surface area contributed by atoms with Crippen LogP contribution < -0.4 is 5.32 Å². The maximum Gasteiger partial charge on any atom is 0.321 e. The lowest BCUT2D eigenvalue weighted by molar-refractivity contribution is 0.129. The fourth-order valence-corrected chi connectivity index (χ4v) is 3.87. The van der Waals surface area contributed by atoms with Crippen LogP contribution in [0.4, 0.5) is 4.79 Å². The quantitative estimate of drug-likeness (QED) is 0.727. The van der Waals surface area contributed by atoms with Crippen LogP contribution in [-0.4, -0.2) is 23.5 Å². The molecule has 0 aromatic rings. The van der Waals surface area contributed by atoms with Crippen LogP contribution in [0, 0.1) is 10.8 Å². The zero-order valence-electron chi connectivity index (χ0n) is 10.5. The molecule has 0 aromatic heterocycles. The molecule has 1 aliphatic carbocycles. The monoisotopic (exact) mass is 222 g/mol. The van der Waals surface area contributed by atoms with Gasteiger partial charge in [0.1, 0.15) is 0 Å². The first-order valence-corrected chi connectivity index (χ1v) is 6.03. The van der Waals surface area contributed by atoms with Gasteiger partial charge in [0.2, 0.25) is 0 Å². The normalized spacial score (nSPS) is 35.9. The van der Waals surface area contributed by atoms with Crippen molar-refractivity contribution in [2.24, 2.45) is 10.8 Å². The Hall–Kier alpha value is -0.990. The van der Waals surface area contributed by atoms with Crippen molar-refractivity contribution in [3.8, 4) is 0 Å². The topological polar surface area (TPSA) is 32.3 Å². The summed E-state index contributed by atoms with van der Waals surface area (Å²) in [7, 11) is 0. The molecule has 1 N–H and O–H groups in total. The van der Waals surface area contributed by atoms with Crippen molar-refractivity contribution in [1.82, 2.24) is 10.2 Å². The van der Waals surface area contributed by atoms with Crippen LogP contribution in [-0.2, 0) is 0 Å². The van der Waals surface area contributed by atoms with Gasteiger partial charge in [-0.3, -0.25) is 0 Å². The van der Waals surface area contributed by atoms with Crippen LogP contribution in [0.3, 0.4) is 0 Å². The lowest BCUT2D eigenvalue weighted by Crippen LogP contribution is -2.41. The second kappa shape index (κ2) is 3.51. The highest BCUT2D eigenvalue weighted by atomic mass is 16.2. The van der Waals surface area contributed by atoms with E-state index in [4.69, 9.17) is 0 Å². The van der Waals surface area contributed by atoms with Gasteiger partial charge in [0.15, 0.2) is 0 Å². The third-order valence-corrected chi connectivity index (χ3v) is 3.90. The average Bonchev–Trinajstić information content (AvgIpc) is 2.35. The number of carbonyl (C=O) groups is 1. The standard InChI is InChI=1S/C13H22N2O/c1-5-14-11(16)15-9-13(4)7-10(15)6-12(2,3)8-13/h5,10H,1,6-9H2,2-4H3,(H,14,16). The summed E-state index contributed by atoms with van der Waals surface area (Å²) < 4.78 is 0. The van der Waals surface area contributed by atoms with Gasteiger partial charge in [-0.1, -0.05) is 27.4 Å². The number of likely N-dealkylation sites (tertiary alicyclic amines) is 1. The third-order valence-electron chi connectivity index (χ3n) is 3.90. The maximum absolute atomic E-state index is 11.9. The highest BCUT2D eigenvalue weighted by Crippen LogP contribution is 2.52. The van der Waals surface area contributed by atoms with Crippen molar-refractivity contribution in [2.45, 2.75) is 46.1 Å². The van der Waals surface area contributed by atoms with E-state index in [2.05, 4.69) is 32.7 Å². The van der Waals surface area contributed by atoms with Crippen molar-refractivity contribution >= 4 is 6.03 Å². The first kappa shape index (κ1) is 11.5. The summed E-state index contributed by atoms with van der Waals surface area (Å²) in [6, 6.07) is 0.426. The van der Waals surface area contributed by atoms with E-state index < -0.39 is 0 Å².